The fraction of sp³-hybridized carbons (Fsp3) is 0.333. The summed E-state index contributed by atoms with van der Waals surface area (Å²) in [6.45, 7) is 10.2. The van der Waals surface area contributed by atoms with Crippen LogP contribution in [0.3, 0.4) is 0 Å². The molecule has 0 saturated carbocycles. The van der Waals surface area contributed by atoms with Crippen LogP contribution in [-0.4, -0.2) is 63.1 Å². The summed E-state index contributed by atoms with van der Waals surface area (Å²) in [5.74, 6) is -0.00984. The van der Waals surface area contributed by atoms with Crippen LogP contribution >= 0.6 is 22.9 Å². The minimum Gasteiger partial charge on any atom is -0.481 e. The van der Waals surface area contributed by atoms with E-state index in [1.165, 1.54) is 11.3 Å². The number of hydrogen-bond donors (Lipinski definition) is 1. The van der Waals surface area contributed by atoms with Crippen LogP contribution in [0, 0.1) is 6.92 Å². The highest BCUT2D eigenvalue weighted by Crippen LogP contribution is 2.40. The third-order valence-electron chi connectivity index (χ3n) is 6.68. The number of aryl methyl sites for hydroxylation is 1. The molecule has 5 rings (SSSR count). The van der Waals surface area contributed by atoms with E-state index in [-0.39, 0.29) is 6.42 Å². The molecular weight excluding hydrogens is 494 g/mol. The smallest absolute Gasteiger partial charge is 0.307 e. The molecule has 0 aliphatic carbocycles. The van der Waals surface area contributed by atoms with Crippen molar-refractivity contribution in [2.75, 3.05) is 31.1 Å². The second kappa shape index (κ2) is 10.1. The molecule has 1 saturated heterocycles. The first-order chi connectivity index (χ1) is 17.3. The number of hydrogen-bond acceptors (Lipinski definition) is 7. The number of aromatic nitrogens is 3. The van der Waals surface area contributed by atoms with Gasteiger partial charge in [-0.2, -0.15) is 0 Å². The molecule has 2 aromatic heterocycles. The number of carbonyl (C=O) groups is 1. The predicted octanol–water partition coefficient (Wildman–Crippen LogP) is 5.54. The Hall–Kier alpha value is -3.07. The van der Waals surface area contributed by atoms with E-state index in [0.717, 1.165) is 75.2 Å². The molecule has 2 aromatic carbocycles. The van der Waals surface area contributed by atoms with E-state index in [9.17, 15) is 9.90 Å². The molecule has 0 radical (unpaired) electrons. The van der Waals surface area contributed by atoms with Crippen molar-refractivity contribution in [2.24, 2.45) is 0 Å². The van der Waals surface area contributed by atoms with E-state index in [1.54, 1.807) is 6.20 Å². The number of nitrogens with zero attached hydrogens (tertiary/aromatic N) is 5. The Bertz CT molecular complexity index is 1410. The molecule has 4 aromatic rings. The van der Waals surface area contributed by atoms with Gasteiger partial charge in [0.2, 0.25) is 0 Å². The highest BCUT2D eigenvalue weighted by Gasteiger charge is 2.22. The summed E-state index contributed by atoms with van der Waals surface area (Å²) in [7, 11) is 0. The standard InChI is InChI=1S/C27H28ClN5O2S/c1-16(2)32-8-10-33(11-9-32)23-15-29-14-22(30-23)27-31-21-12-17(3)20(13-24(34)35)25(26(21)36-27)18-4-6-19(28)7-5-18/h4-7,12,14-16H,8-11,13H2,1-3H3,(H,34,35). The minimum atomic E-state index is -0.867. The number of benzene rings is 2. The van der Waals surface area contributed by atoms with E-state index >= 15 is 0 Å². The van der Waals surface area contributed by atoms with Crippen molar-refractivity contribution >= 4 is 44.9 Å². The lowest BCUT2D eigenvalue weighted by Crippen LogP contribution is -2.49. The van der Waals surface area contributed by atoms with Gasteiger partial charge in [0.25, 0.3) is 0 Å². The first-order valence-corrected chi connectivity index (χ1v) is 13.2. The Kier molecular flexibility index (Phi) is 6.92. The summed E-state index contributed by atoms with van der Waals surface area (Å²) >= 11 is 7.65. The summed E-state index contributed by atoms with van der Waals surface area (Å²) < 4.78 is 0.937. The zero-order chi connectivity index (χ0) is 25.4. The summed E-state index contributed by atoms with van der Waals surface area (Å²) in [5, 5.41) is 11.0. The van der Waals surface area contributed by atoms with Crippen molar-refractivity contribution in [1.29, 1.82) is 0 Å². The van der Waals surface area contributed by atoms with Gasteiger partial charge >= 0.3 is 5.97 Å². The molecule has 1 aliphatic heterocycles. The molecule has 3 heterocycles. The van der Waals surface area contributed by atoms with Crippen molar-refractivity contribution in [1.82, 2.24) is 19.9 Å². The number of piperazine rings is 1. The van der Waals surface area contributed by atoms with Crippen LogP contribution in [0.5, 0.6) is 0 Å². The Labute approximate surface area is 219 Å². The molecule has 7 nitrogen and oxygen atoms in total. The number of fused-ring (bicyclic) bond motifs is 1. The monoisotopic (exact) mass is 521 g/mol. The van der Waals surface area contributed by atoms with Crippen LogP contribution in [0.2, 0.25) is 5.02 Å². The molecule has 9 heteroatoms. The van der Waals surface area contributed by atoms with Gasteiger partial charge in [-0.15, -0.1) is 11.3 Å². The number of carboxylic acids is 1. The number of carboxylic acid groups (broad SMARTS) is 1. The van der Waals surface area contributed by atoms with Gasteiger partial charge in [0.05, 0.1) is 29.0 Å². The fourth-order valence-corrected chi connectivity index (χ4v) is 5.94. The van der Waals surface area contributed by atoms with Gasteiger partial charge in [0, 0.05) is 42.8 Å². The third kappa shape index (κ3) is 4.93. The molecule has 1 aliphatic rings. The van der Waals surface area contributed by atoms with Gasteiger partial charge in [0.1, 0.15) is 16.5 Å². The molecule has 36 heavy (non-hydrogen) atoms. The van der Waals surface area contributed by atoms with Crippen molar-refractivity contribution in [3.8, 4) is 21.8 Å². The van der Waals surface area contributed by atoms with Gasteiger partial charge in [-0.3, -0.25) is 14.7 Å². The summed E-state index contributed by atoms with van der Waals surface area (Å²) in [6.07, 6.45) is 3.50. The Balaban J connectivity index is 1.56. The lowest BCUT2D eigenvalue weighted by Gasteiger charge is -2.37. The molecular formula is C27H28ClN5O2S. The number of aliphatic carboxylic acids is 1. The van der Waals surface area contributed by atoms with E-state index in [0.29, 0.717) is 11.1 Å². The molecule has 0 bridgehead atoms. The average Bonchev–Trinajstić information content (AvgIpc) is 3.28. The van der Waals surface area contributed by atoms with Gasteiger partial charge in [0.15, 0.2) is 0 Å². The first kappa shape index (κ1) is 24.6. The van der Waals surface area contributed by atoms with E-state index in [4.69, 9.17) is 21.6 Å². The zero-order valence-corrected chi connectivity index (χ0v) is 22.1. The lowest BCUT2D eigenvalue weighted by atomic mass is 9.93. The Morgan fingerprint density at radius 1 is 1.11 bits per heavy atom. The predicted molar refractivity (Wildman–Crippen MR) is 146 cm³/mol. The minimum absolute atomic E-state index is 0.0649. The van der Waals surface area contributed by atoms with Gasteiger partial charge in [-0.05, 0) is 55.7 Å². The zero-order valence-electron chi connectivity index (χ0n) is 20.5. The van der Waals surface area contributed by atoms with Crippen LogP contribution in [0.1, 0.15) is 25.0 Å². The highest BCUT2D eigenvalue weighted by atomic mass is 35.5. The van der Waals surface area contributed by atoms with Gasteiger partial charge in [-0.1, -0.05) is 23.7 Å². The van der Waals surface area contributed by atoms with Crippen LogP contribution in [0.15, 0.2) is 42.7 Å². The normalized spacial score (nSPS) is 14.6. The second-order valence-corrected chi connectivity index (χ2v) is 10.8. The van der Waals surface area contributed by atoms with Crippen molar-refractivity contribution < 1.29 is 9.90 Å². The van der Waals surface area contributed by atoms with Crippen LogP contribution in [0.25, 0.3) is 32.0 Å². The Morgan fingerprint density at radius 3 is 2.50 bits per heavy atom. The van der Waals surface area contributed by atoms with Gasteiger partial charge in [-0.25, -0.2) is 9.97 Å². The molecule has 0 spiro atoms. The molecule has 0 unspecified atom stereocenters. The molecule has 0 amide bonds. The van der Waals surface area contributed by atoms with Crippen molar-refractivity contribution in [3.63, 3.8) is 0 Å². The number of anilines is 1. The number of rotatable bonds is 6. The summed E-state index contributed by atoms with van der Waals surface area (Å²) in [5.41, 5.74) is 5.04. The second-order valence-electron chi connectivity index (χ2n) is 9.37. The topological polar surface area (TPSA) is 82.5 Å². The number of thiazole rings is 1. The summed E-state index contributed by atoms with van der Waals surface area (Å²) in [6, 6.07) is 10.0. The van der Waals surface area contributed by atoms with E-state index in [1.807, 2.05) is 43.5 Å². The molecule has 186 valence electrons. The van der Waals surface area contributed by atoms with Crippen LogP contribution < -0.4 is 4.90 Å². The SMILES string of the molecule is Cc1cc2nc(-c3cncc(N4CCN(C(C)C)CC4)n3)sc2c(-c2ccc(Cl)cc2)c1CC(=O)O. The van der Waals surface area contributed by atoms with Crippen LogP contribution in [-0.2, 0) is 11.2 Å². The maximum atomic E-state index is 11.7. The largest absolute Gasteiger partial charge is 0.481 e. The van der Waals surface area contributed by atoms with E-state index < -0.39 is 5.97 Å². The summed E-state index contributed by atoms with van der Waals surface area (Å²) in [4.78, 5) is 30.8. The maximum Gasteiger partial charge on any atom is 0.307 e. The highest BCUT2D eigenvalue weighted by molar-refractivity contribution is 7.22. The van der Waals surface area contributed by atoms with Crippen LogP contribution in [0.4, 0.5) is 5.82 Å². The molecule has 1 fully saturated rings. The third-order valence-corrected chi connectivity index (χ3v) is 8.04. The first-order valence-electron chi connectivity index (χ1n) is 12.0. The lowest BCUT2D eigenvalue weighted by molar-refractivity contribution is -0.136. The molecule has 1 N–H and O–H groups in total. The van der Waals surface area contributed by atoms with Crippen molar-refractivity contribution in [3.05, 3.63) is 58.9 Å². The number of halogens is 1. The Morgan fingerprint density at radius 2 is 1.83 bits per heavy atom. The van der Waals surface area contributed by atoms with E-state index in [2.05, 4.69) is 28.6 Å². The fourth-order valence-electron chi connectivity index (χ4n) is 4.72. The van der Waals surface area contributed by atoms with Crippen molar-refractivity contribution in [2.45, 2.75) is 33.2 Å². The molecule has 0 atom stereocenters. The average molecular weight is 522 g/mol. The maximum absolute atomic E-state index is 11.7. The van der Waals surface area contributed by atoms with Gasteiger partial charge < -0.3 is 10.0 Å². The quantitative estimate of drug-likeness (QED) is 0.356.